The van der Waals surface area contributed by atoms with Crippen LogP contribution in [0.3, 0.4) is 0 Å². The van der Waals surface area contributed by atoms with E-state index in [9.17, 15) is 4.79 Å². The zero-order valence-corrected chi connectivity index (χ0v) is 10.7. The van der Waals surface area contributed by atoms with Gasteiger partial charge in [0.2, 0.25) is 0 Å². The number of carbonyl (C=O) groups excluding carboxylic acids is 1. The second-order valence-corrected chi connectivity index (χ2v) is 4.05. The van der Waals surface area contributed by atoms with Crippen molar-refractivity contribution in [2.75, 3.05) is 0 Å². The third-order valence-electron chi connectivity index (χ3n) is 1.90. The molecule has 0 aliphatic carbocycles. The summed E-state index contributed by atoms with van der Waals surface area (Å²) in [5, 5.41) is 9.37. The number of benzene rings is 2. The molecule has 0 heterocycles. The molecule has 2 rings (SSSR count). The average molecular weight is 285 g/mol. The lowest BCUT2D eigenvalue weighted by atomic mass is 10.2. The largest absolute Gasteiger partial charge is 0.372 e. The third-order valence-corrected chi connectivity index (χ3v) is 2.40. The summed E-state index contributed by atoms with van der Waals surface area (Å²) in [5.41, 5.74) is 0.338. The molecule has 0 saturated heterocycles. The minimum atomic E-state index is -0.736. The third kappa shape index (κ3) is 5.19. The first-order valence-electron chi connectivity index (χ1n) is 4.95. The Kier molecular flexibility index (Phi) is 6.22. The van der Waals surface area contributed by atoms with Gasteiger partial charge < -0.3 is 0 Å². The van der Waals surface area contributed by atoms with Crippen LogP contribution in [0.25, 0.3) is 0 Å². The van der Waals surface area contributed by atoms with Gasteiger partial charge in [0.05, 0.1) is 5.56 Å². The van der Waals surface area contributed by atoms with E-state index in [0.717, 1.165) is 10.0 Å². The van der Waals surface area contributed by atoms with E-state index in [1.165, 1.54) is 0 Å². The molecule has 0 bridgehead atoms. The smallest absolute Gasteiger partial charge is 0.296 e. The van der Waals surface area contributed by atoms with E-state index >= 15 is 0 Å². The van der Waals surface area contributed by atoms with Gasteiger partial charge >= 0.3 is 5.97 Å². The quantitative estimate of drug-likeness (QED) is 0.627. The van der Waals surface area contributed by atoms with Crippen LogP contribution in [0.1, 0.15) is 10.4 Å². The molecule has 2 aromatic rings. The Balaban J connectivity index is 0.000000184. The number of carbonyl (C=O) groups is 1. The van der Waals surface area contributed by atoms with Crippen LogP contribution in [0.2, 0.25) is 10.0 Å². The number of hydrogen-bond donors (Lipinski definition) is 1. The summed E-state index contributed by atoms with van der Waals surface area (Å²) in [6.45, 7) is 0. The van der Waals surface area contributed by atoms with Gasteiger partial charge in [-0.1, -0.05) is 41.4 Å². The number of rotatable bonds is 1. The Hall–Kier alpha value is -1.55. The van der Waals surface area contributed by atoms with Crippen molar-refractivity contribution >= 4 is 29.2 Å². The van der Waals surface area contributed by atoms with Crippen molar-refractivity contribution in [2.45, 2.75) is 0 Å². The number of halogens is 2. The van der Waals surface area contributed by atoms with Crippen LogP contribution >= 0.6 is 23.2 Å². The van der Waals surface area contributed by atoms with Crippen LogP contribution < -0.4 is 0 Å². The normalized spacial score (nSPS) is 9.06. The van der Waals surface area contributed by atoms with Crippen LogP contribution in [0.5, 0.6) is 0 Å². The maximum atomic E-state index is 10.5. The van der Waals surface area contributed by atoms with Crippen molar-refractivity contribution in [3.63, 3.8) is 0 Å². The molecule has 0 unspecified atom stereocenters. The fraction of sp³-hybridized carbons (Fsp3) is 0. The summed E-state index contributed by atoms with van der Waals surface area (Å²) in [6, 6.07) is 15.3. The molecule has 94 valence electrons. The van der Waals surface area contributed by atoms with Crippen LogP contribution in [0, 0.1) is 0 Å². The minimum absolute atomic E-state index is 0.338. The monoisotopic (exact) mass is 284 g/mol. The second-order valence-electron chi connectivity index (χ2n) is 3.18. The summed E-state index contributed by atoms with van der Waals surface area (Å²) in [5.74, 6) is -0.736. The Morgan fingerprint density at radius 3 is 1.72 bits per heavy atom. The highest BCUT2D eigenvalue weighted by molar-refractivity contribution is 6.32. The Morgan fingerprint density at radius 2 is 1.33 bits per heavy atom. The summed E-state index contributed by atoms with van der Waals surface area (Å²) >= 11 is 11.1. The zero-order chi connectivity index (χ0) is 13.4. The van der Waals surface area contributed by atoms with Gasteiger partial charge in [-0.05, 0) is 36.4 Å². The van der Waals surface area contributed by atoms with E-state index in [-0.39, 0.29) is 0 Å². The topological polar surface area (TPSA) is 46.5 Å². The van der Waals surface area contributed by atoms with E-state index in [2.05, 4.69) is 4.89 Å². The highest BCUT2D eigenvalue weighted by Crippen LogP contribution is 2.12. The van der Waals surface area contributed by atoms with Crippen LogP contribution in [0.4, 0.5) is 0 Å². The Bertz CT molecular complexity index is 462. The van der Waals surface area contributed by atoms with E-state index < -0.39 is 5.97 Å². The molecule has 0 fully saturated rings. The van der Waals surface area contributed by atoms with Gasteiger partial charge in [-0.2, -0.15) is 5.26 Å². The van der Waals surface area contributed by atoms with Gasteiger partial charge in [0.1, 0.15) is 0 Å². The molecule has 0 aliphatic heterocycles. The minimum Gasteiger partial charge on any atom is -0.296 e. The first-order valence-corrected chi connectivity index (χ1v) is 5.71. The van der Waals surface area contributed by atoms with Crippen LogP contribution in [-0.4, -0.2) is 11.2 Å². The average Bonchev–Trinajstić information content (AvgIpc) is 2.43. The molecule has 0 amide bonds. The van der Waals surface area contributed by atoms with Crippen molar-refractivity contribution in [3.8, 4) is 0 Å². The molecule has 0 aromatic heterocycles. The summed E-state index contributed by atoms with van der Waals surface area (Å²) in [4.78, 5) is 14.0. The lowest BCUT2D eigenvalue weighted by Crippen LogP contribution is -2.00. The predicted molar refractivity (Wildman–Crippen MR) is 70.9 cm³/mol. The van der Waals surface area contributed by atoms with Crippen molar-refractivity contribution in [2.24, 2.45) is 0 Å². The first-order chi connectivity index (χ1) is 8.63. The molecule has 0 atom stereocenters. The molecule has 0 saturated carbocycles. The van der Waals surface area contributed by atoms with Crippen molar-refractivity contribution in [3.05, 3.63) is 70.2 Å². The van der Waals surface area contributed by atoms with Crippen molar-refractivity contribution in [1.29, 1.82) is 0 Å². The summed E-state index contributed by atoms with van der Waals surface area (Å²) < 4.78 is 0. The maximum absolute atomic E-state index is 10.5. The molecule has 0 aliphatic rings. The molecule has 1 N–H and O–H groups in total. The maximum Gasteiger partial charge on any atom is 0.372 e. The molecule has 0 spiro atoms. The highest BCUT2D eigenvalue weighted by atomic mass is 35.5. The van der Waals surface area contributed by atoms with Gasteiger partial charge in [-0.15, -0.1) is 0 Å². The fourth-order valence-electron chi connectivity index (χ4n) is 1.06. The van der Waals surface area contributed by atoms with Gasteiger partial charge in [-0.25, -0.2) is 4.79 Å². The van der Waals surface area contributed by atoms with Gasteiger partial charge in [-0.3, -0.25) is 4.89 Å². The SMILES string of the molecule is Clc1ccc(Cl)cc1.O=C(OO)c1ccccc1. The van der Waals surface area contributed by atoms with E-state index in [0.29, 0.717) is 5.56 Å². The predicted octanol–water partition coefficient (Wildman–Crippen LogP) is 4.31. The van der Waals surface area contributed by atoms with E-state index in [1.54, 1.807) is 54.6 Å². The molecular weight excluding hydrogens is 275 g/mol. The van der Waals surface area contributed by atoms with Crippen molar-refractivity contribution in [1.82, 2.24) is 0 Å². The lowest BCUT2D eigenvalue weighted by Gasteiger charge is -1.92. The molecule has 3 nitrogen and oxygen atoms in total. The lowest BCUT2D eigenvalue weighted by molar-refractivity contribution is -0.182. The summed E-state index contributed by atoms with van der Waals surface area (Å²) in [7, 11) is 0. The standard InChI is InChI=1S/C7H6O3.C6H4Cl2/c8-7(10-9)6-4-2-1-3-5-6;7-5-1-2-6(8)4-3-5/h1-5,9H;1-4H. The van der Waals surface area contributed by atoms with Gasteiger partial charge in [0, 0.05) is 10.0 Å². The van der Waals surface area contributed by atoms with Crippen molar-refractivity contribution < 1.29 is 14.9 Å². The molecule has 18 heavy (non-hydrogen) atoms. The zero-order valence-electron chi connectivity index (χ0n) is 9.22. The molecule has 5 heteroatoms. The Labute approximate surface area is 114 Å². The van der Waals surface area contributed by atoms with E-state index in [4.69, 9.17) is 28.5 Å². The van der Waals surface area contributed by atoms with Crippen LogP contribution in [-0.2, 0) is 4.89 Å². The second kappa shape index (κ2) is 7.71. The molecule has 2 aromatic carbocycles. The number of hydrogen-bond acceptors (Lipinski definition) is 3. The van der Waals surface area contributed by atoms with E-state index in [1.807, 2.05) is 0 Å². The van der Waals surface area contributed by atoms with Gasteiger partial charge in [0.25, 0.3) is 0 Å². The summed E-state index contributed by atoms with van der Waals surface area (Å²) in [6.07, 6.45) is 0. The van der Waals surface area contributed by atoms with Crippen LogP contribution in [0.15, 0.2) is 54.6 Å². The fourth-order valence-corrected chi connectivity index (χ4v) is 1.31. The molecule has 0 radical (unpaired) electrons. The first kappa shape index (κ1) is 14.5. The van der Waals surface area contributed by atoms with Gasteiger partial charge in [0.15, 0.2) is 0 Å². The molecular formula is C13H10Cl2O3. The Morgan fingerprint density at radius 1 is 0.889 bits per heavy atom. The highest BCUT2D eigenvalue weighted by Gasteiger charge is 2.02.